The summed E-state index contributed by atoms with van der Waals surface area (Å²) >= 11 is 14.1. The molecule has 43 heavy (non-hydrogen) atoms. The first-order valence-corrected chi connectivity index (χ1v) is 15.5. The van der Waals surface area contributed by atoms with Crippen LogP contribution in [0.15, 0.2) is 76.6 Å². The predicted octanol–water partition coefficient (Wildman–Crippen LogP) is 5.86. The van der Waals surface area contributed by atoms with E-state index in [1.165, 1.54) is 34.9 Å². The maximum atomic E-state index is 14.0. The van der Waals surface area contributed by atoms with E-state index in [-0.39, 0.29) is 22.1 Å². The van der Waals surface area contributed by atoms with E-state index >= 15 is 0 Å². The Balaban J connectivity index is 1.40. The highest BCUT2D eigenvalue weighted by Gasteiger charge is 2.56. The molecule has 0 radical (unpaired) electrons. The zero-order chi connectivity index (χ0) is 30.6. The molecular formula is C30H23Cl2FN4O4S2. The summed E-state index contributed by atoms with van der Waals surface area (Å²) < 4.78 is 15.0. The first kappa shape index (κ1) is 29.4. The first-order chi connectivity index (χ1) is 20.5. The van der Waals surface area contributed by atoms with Gasteiger partial charge in [-0.15, -0.1) is 0 Å². The van der Waals surface area contributed by atoms with E-state index in [0.29, 0.717) is 20.6 Å². The van der Waals surface area contributed by atoms with Gasteiger partial charge < -0.3 is 10.2 Å². The Bertz CT molecular complexity index is 1830. The lowest BCUT2D eigenvalue weighted by Gasteiger charge is -2.31. The van der Waals surface area contributed by atoms with E-state index in [2.05, 4.69) is 5.32 Å². The number of fused-ring (bicyclic) bond motifs is 2. The van der Waals surface area contributed by atoms with Gasteiger partial charge in [-0.1, -0.05) is 58.4 Å². The standard InChI is InChI=1S/C30H23Cl2FN4O4S2/c1-35(2)18-8-3-15(4-9-18)23-24-25(28(40)37(27(24)39)19-10-5-16(33)6-11-19)42-29-26(23)43-30(41)36(29)14-22(38)34-17-7-12-20(31)21(32)13-17/h3-13,23-25H,14H2,1-2H3,(H,34,38)/t23-,24?,25?/m1/s1. The second-order valence-electron chi connectivity index (χ2n) is 10.3. The van der Waals surface area contributed by atoms with Gasteiger partial charge >= 0.3 is 4.87 Å². The van der Waals surface area contributed by atoms with Crippen molar-refractivity contribution in [3.8, 4) is 0 Å². The number of hydrogen-bond donors (Lipinski definition) is 1. The van der Waals surface area contributed by atoms with Crippen LogP contribution in [0.2, 0.25) is 10.0 Å². The van der Waals surface area contributed by atoms with Crippen molar-refractivity contribution in [3.05, 3.63) is 103 Å². The summed E-state index contributed by atoms with van der Waals surface area (Å²) in [4.78, 5) is 57.4. The fourth-order valence-electron chi connectivity index (χ4n) is 5.36. The number of amides is 3. The van der Waals surface area contributed by atoms with Gasteiger partial charge in [0.1, 0.15) is 17.6 Å². The number of carbonyl (C=O) groups excluding carboxylic acids is 3. The molecule has 1 N–H and O–H groups in total. The van der Waals surface area contributed by atoms with Crippen LogP contribution in [0.1, 0.15) is 16.4 Å². The van der Waals surface area contributed by atoms with Crippen LogP contribution >= 0.6 is 46.3 Å². The Morgan fingerprint density at radius 2 is 1.65 bits per heavy atom. The van der Waals surface area contributed by atoms with E-state index in [1.54, 1.807) is 12.1 Å². The van der Waals surface area contributed by atoms with Crippen LogP contribution in [0.25, 0.3) is 0 Å². The van der Waals surface area contributed by atoms with Gasteiger partial charge in [0.25, 0.3) is 0 Å². The molecule has 2 aliphatic heterocycles. The number of nitrogens with one attached hydrogen (secondary N) is 1. The average Bonchev–Trinajstić information content (AvgIpc) is 3.41. The molecule has 1 saturated heterocycles. The summed E-state index contributed by atoms with van der Waals surface area (Å²) in [5.41, 5.74) is 2.39. The third kappa shape index (κ3) is 5.35. The topological polar surface area (TPSA) is 91.7 Å². The summed E-state index contributed by atoms with van der Waals surface area (Å²) in [5.74, 6) is -3.27. The fraction of sp³-hybridized carbons (Fsp3) is 0.200. The monoisotopic (exact) mass is 656 g/mol. The quantitative estimate of drug-likeness (QED) is 0.262. The lowest BCUT2D eigenvalue weighted by atomic mass is 9.83. The molecule has 220 valence electrons. The largest absolute Gasteiger partial charge is 0.378 e. The van der Waals surface area contributed by atoms with Gasteiger partial charge in [-0.3, -0.25) is 23.7 Å². The summed E-state index contributed by atoms with van der Waals surface area (Å²) in [6.07, 6.45) is 0. The van der Waals surface area contributed by atoms with Crippen molar-refractivity contribution in [1.29, 1.82) is 0 Å². The molecule has 2 unspecified atom stereocenters. The molecule has 2 aliphatic rings. The van der Waals surface area contributed by atoms with E-state index in [0.717, 1.165) is 39.2 Å². The van der Waals surface area contributed by atoms with Crippen molar-refractivity contribution in [3.63, 3.8) is 0 Å². The maximum Gasteiger partial charge on any atom is 0.308 e. The molecule has 3 atom stereocenters. The molecule has 0 saturated carbocycles. The Morgan fingerprint density at radius 1 is 0.953 bits per heavy atom. The van der Waals surface area contributed by atoms with Gasteiger partial charge in [-0.25, -0.2) is 9.29 Å². The van der Waals surface area contributed by atoms with Crippen LogP contribution in [0.3, 0.4) is 0 Å². The summed E-state index contributed by atoms with van der Waals surface area (Å²) in [7, 11) is 3.82. The normalized spacial score (nSPS) is 19.3. The average molecular weight is 658 g/mol. The minimum Gasteiger partial charge on any atom is -0.378 e. The SMILES string of the molecule is CN(C)c1ccc([C@H]2c3sc(=O)n(CC(=O)Nc4ccc(Cl)c(Cl)c4)c3SC3C(=O)N(c4ccc(F)cc4)C(=O)C32)cc1. The van der Waals surface area contributed by atoms with Crippen LogP contribution in [0.5, 0.6) is 0 Å². The molecule has 3 heterocycles. The molecule has 8 nitrogen and oxygen atoms in total. The van der Waals surface area contributed by atoms with Gasteiger partial charge in [0.15, 0.2) is 0 Å². The number of halogens is 3. The highest BCUT2D eigenvalue weighted by molar-refractivity contribution is 8.00. The van der Waals surface area contributed by atoms with E-state index in [4.69, 9.17) is 23.2 Å². The number of imide groups is 1. The number of rotatable bonds is 6. The van der Waals surface area contributed by atoms with Crippen LogP contribution in [-0.4, -0.2) is 41.6 Å². The summed E-state index contributed by atoms with van der Waals surface area (Å²) in [6, 6.07) is 17.4. The van der Waals surface area contributed by atoms with E-state index in [9.17, 15) is 23.6 Å². The molecule has 0 bridgehead atoms. The fourth-order valence-corrected chi connectivity index (χ4v) is 8.43. The van der Waals surface area contributed by atoms with Crippen molar-refractivity contribution in [2.75, 3.05) is 29.2 Å². The number of thiazole rings is 1. The molecule has 4 aromatic rings. The first-order valence-electron chi connectivity index (χ1n) is 13.1. The van der Waals surface area contributed by atoms with Crippen LogP contribution < -0.4 is 20.0 Å². The Hall–Kier alpha value is -3.64. The van der Waals surface area contributed by atoms with Crippen LogP contribution in [0, 0.1) is 11.7 Å². The molecule has 0 spiro atoms. The van der Waals surface area contributed by atoms with Gasteiger partial charge in [-0.2, -0.15) is 0 Å². The molecular weight excluding hydrogens is 634 g/mol. The highest BCUT2D eigenvalue weighted by Crippen LogP contribution is 2.54. The third-order valence-electron chi connectivity index (χ3n) is 7.41. The van der Waals surface area contributed by atoms with E-state index < -0.39 is 40.6 Å². The number of aromatic nitrogens is 1. The molecule has 3 aromatic carbocycles. The zero-order valence-corrected chi connectivity index (χ0v) is 25.9. The molecule has 3 amide bonds. The Kier molecular flexibility index (Phi) is 7.84. The van der Waals surface area contributed by atoms with Crippen molar-refractivity contribution in [2.45, 2.75) is 22.7 Å². The van der Waals surface area contributed by atoms with Gasteiger partial charge in [-0.05, 0) is 60.2 Å². The number of anilines is 3. The molecule has 1 aromatic heterocycles. The zero-order valence-electron chi connectivity index (χ0n) is 22.7. The van der Waals surface area contributed by atoms with Crippen LogP contribution in [-0.2, 0) is 20.9 Å². The second-order valence-corrected chi connectivity index (χ2v) is 13.3. The Morgan fingerprint density at radius 3 is 2.30 bits per heavy atom. The predicted molar refractivity (Wildman–Crippen MR) is 168 cm³/mol. The highest BCUT2D eigenvalue weighted by atomic mass is 35.5. The number of thioether (sulfide) groups is 1. The van der Waals surface area contributed by atoms with E-state index in [1.807, 2.05) is 43.3 Å². The number of benzene rings is 3. The lowest BCUT2D eigenvalue weighted by Crippen LogP contribution is -2.33. The number of nitrogens with zero attached hydrogens (tertiary/aromatic N) is 3. The smallest absolute Gasteiger partial charge is 0.308 e. The van der Waals surface area contributed by atoms with Crippen molar-refractivity contribution >= 4 is 81.1 Å². The summed E-state index contributed by atoms with van der Waals surface area (Å²) in [5, 5.41) is 2.93. The molecule has 1 fully saturated rings. The molecule has 13 heteroatoms. The maximum absolute atomic E-state index is 14.0. The van der Waals surface area contributed by atoms with Crippen molar-refractivity contribution < 1.29 is 18.8 Å². The molecule has 6 rings (SSSR count). The Labute approximate surface area is 264 Å². The van der Waals surface area contributed by atoms with Crippen molar-refractivity contribution in [1.82, 2.24) is 4.57 Å². The number of hydrogen-bond acceptors (Lipinski definition) is 7. The van der Waals surface area contributed by atoms with Crippen molar-refractivity contribution in [2.24, 2.45) is 5.92 Å². The third-order valence-corrected chi connectivity index (χ3v) is 10.8. The number of carbonyl (C=O) groups is 3. The lowest BCUT2D eigenvalue weighted by molar-refractivity contribution is -0.122. The molecule has 0 aliphatic carbocycles. The van der Waals surface area contributed by atoms with Gasteiger partial charge in [0, 0.05) is 36.3 Å². The van der Waals surface area contributed by atoms with Gasteiger partial charge in [0.2, 0.25) is 17.7 Å². The minimum atomic E-state index is -0.859. The second kappa shape index (κ2) is 11.5. The minimum absolute atomic E-state index is 0.268. The van der Waals surface area contributed by atoms with Crippen LogP contribution in [0.4, 0.5) is 21.5 Å². The summed E-state index contributed by atoms with van der Waals surface area (Å²) in [6.45, 7) is -0.314. The van der Waals surface area contributed by atoms with Gasteiger partial charge in [0.05, 0.1) is 26.7 Å².